The quantitative estimate of drug-likeness (QED) is 0.784. The van der Waals surface area contributed by atoms with E-state index in [2.05, 4.69) is 37.4 Å². The lowest BCUT2D eigenvalue weighted by Gasteiger charge is -2.08. The first-order valence-corrected chi connectivity index (χ1v) is 5.57. The van der Waals surface area contributed by atoms with Gasteiger partial charge in [0.1, 0.15) is 0 Å². The van der Waals surface area contributed by atoms with Crippen molar-refractivity contribution in [3.05, 3.63) is 28.5 Å². The minimum Gasteiger partial charge on any atom is -0.330 e. The molecular formula is C11H17NS. The molecule has 2 heteroatoms. The molecule has 13 heavy (non-hydrogen) atoms. The van der Waals surface area contributed by atoms with Gasteiger partial charge in [0.05, 0.1) is 0 Å². The van der Waals surface area contributed by atoms with Gasteiger partial charge in [-0.2, -0.15) is 0 Å². The Morgan fingerprint density at radius 2 is 2.38 bits per heavy atom. The first-order valence-electron chi connectivity index (χ1n) is 4.69. The summed E-state index contributed by atoms with van der Waals surface area (Å²) in [5.74, 6) is 0.588. The maximum atomic E-state index is 5.49. The molecule has 72 valence electrons. The van der Waals surface area contributed by atoms with Gasteiger partial charge in [-0.1, -0.05) is 26.0 Å². The second kappa shape index (κ2) is 5.20. The summed E-state index contributed by atoms with van der Waals surface area (Å²) in [6, 6.07) is 4.27. The molecule has 0 saturated heterocycles. The van der Waals surface area contributed by atoms with Gasteiger partial charge in [0.15, 0.2) is 0 Å². The summed E-state index contributed by atoms with van der Waals surface area (Å²) in [5.41, 5.74) is 6.92. The highest BCUT2D eigenvalue weighted by molar-refractivity contribution is 7.11. The van der Waals surface area contributed by atoms with Crippen LogP contribution in [0.5, 0.6) is 0 Å². The van der Waals surface area contributed by atoms with Crippen LogP contribution in [0.4, 0.5) is 0 Å². The summed E-state index contributed by atoms with van der Waals surface area (Å²) in [5, 5.41) is 2.12. The summed E-state index contributed by atoms with van der Waals surface area (Å²) < 4.78 is 0. The van der Waals surface area contributed by atoms with Crippen LogP contribution in [0.1, 0.15) is 25.1 Å². The van der Waals surface area contributed by atoms with Crippen LogP contribution in [-0.2, 0) is 0 Å². The standard InChI is InChI=1S/C11H17NS/c1-9(2)10(5-3-7-12)11-6-4-8-13-11/h4-6,8-9H,3,7,12H2,1-2H3/b10-5+. The van der Waals surface area contributed by atoms with Crippen molar-refractivity contribution in [3.63, 3.8) is 0 Å². The third-order valence-corrected chi connectivity index (χ3v) is 2.88. The molecule has 0 bridgehead atoms. The molecule has 0 aromatic carbocycles. The Kier molecular flexibility index (Phi) is 4.19. The van der Waals surface area contributed by atoms with Crippen molar-refractivity contribution in [2.24, 2.45) is 11.7 Å². The van der Waals surface area contributed by atoms with Crippen LogP contribution in [0.3, 0.4) is 0 Å². The van der Waals surface area contributed by atoms with E-state index in [1.165, 1.54) is 10.5 Å². The van der Waals surface area contributed by atoms with Crippen LogP contribution < -0.4 is 5.73 Å². The van der Waals surface area contributed by atoms with Crippen LogP contribution in [0.15, 0.2) is 23.6 Å². The van der Waals surface area contributed by atoms with Crippen LogP contribution in [0, 0.1) is 5.92 Å². The predicted octanol–water partition coefficient (Wildman–Crippen LogP) is 3.14. The fourth-order valence-electron chi connectivity index (χ4n) is 1.30. The first-order chi connectivity index (χ1) is 6.25. The molecule has 0 aliphatic rings. The van der Waals surface area contributed by atoms with Gasteiger partial charge in [-0.25, -0.2) is 0 Å². The summed E-state index contributed by atoms with van der Waals surface area (Å²) in [7, 11) is 0. The zero-order valence-electron chi connectivity index (χ0n) is 8.29. The maximum Gasteiger partial charge on any atom is 0.0301 e. The molecule has 1 aromatic rings. The highest BCUT2D eigenvalue weighted by atomic mass is 32.1. The van der Waals surface area contributed by atoms with E-state index in [9.17, 15) is 0 Å². The van der Waals surface area contributed by atoms with E-state index in [1.807, 2.05) is 0 Å². The molecule has 1 heterocycles. The molecule has 0 fully saturated rings. The zero-order valence-corrected chi connectivity index (χ0v) is 9.10. The Hall–Kier alpha value is -0.600. The lowest BCUT2D eigenvalue weighted by Crippen LogP contribution is -1.98. The fraction of sp³-hybridized carbons (Fsp3) is 0.455. The number of rotatable bonds is 4. The lowest BCUT2D eigenvalue weighted by molar-refractivity contribution is 0.850. The van der Waals surface area contributed by atoms with E-state index < -0.39 is 0 Å². The monoisotopic (exact) mass is 195 g/mol. The molecule has 0 amide bonds. The van der Waals surface area contributed by atoms with E-state index in [4.69, 9.17) is 5.73 Å². The van der Waals surface area contributed by atoms with Crippen LogP contribution in [0.2, 0.25) is 0 Å². The van der Waals surface area contributed by atoms with Crippen molar-refractivity contribution >= 4 is 16.9 Å². The van der Waals surface area contributed by atoms with E-state index in [0.29, 0.717) is 5.92 Å². The van der Waals surface area contributed by atoms with Crippen LogP contribution in [-0.4, -0.2) is 6.54 Å². The molecular weight excluding hydrogens is 178 g/mol. The van der Waals surface area contributed by atoms with E-state index >= 15 is 0 Å². The molecule has 0 aliphatic heterocycles. The van der Waals surface area contributed by atoms with Gasteiger partial charge in [-0.3, -0.25) is 0 Å². The van der Waals surface area contributed by atoms with E-state index in [0.717, 1.165) is 13.0 Å². The first kappa shape index (κ1) is 10.5. The van der Waals surface area contributed by atoms with Crippen molar-refractivity contribution in [1.29, 1.82) is 0 Å². The third kappa shape index (κ3) is 2.98. The average Bonchev–Trinajstić information content (AvgIpc) is 2.57. The average molecular weight is 195 g/mol. The molecule has 0 saturated carbocycles. The van der Waals surface area contributed by atoms with Gasteiger partial charge in [-0.05, 0) is 35.9 Å². The normalized spacial score (nSPS) is 12.5. The van der Waals surface area contributed by atoms with Gasteiger partial charge < -0.3 is 5.73 Å². The summed E-state index contributed by atoms with van der Waals surface area (Å²) in [6.07, 6.45) is 3.24. The van der Waals surface area contributed by atoms with Crippen molar-refractivity contribution < 1.29 is 0 Å². The van der Waals surface area contributed by atoms with E-state index in [1.54, 1.807) is 11.3 Å². The minimum atomic E-state index is 0.588. The van der Waals surface area contributed by atoms with Crippen molar-refractivity contribution in [2.75, 3.05) is 6.54 Å². The summed E-state index contributed by atoms with van der Waals surface area (Å²) >= 11 is 1.80. The number of hydrogen-bond donors (Lipinski definition) is 1. The van der Waals surface area contributed by atoms with E-state index in [-0.39, 0.29) is 0 Å². The number of thiophene rings is 1. The van der Waals surface area contributed by atoms with Gasteiger partial charge in [0, 0.05) is 4.88 Å². The fourth-order valence-corrected chi connectivity index (χ4v) is 2.22. The highest BCUT2D eigenvalue weighted by Gasteiger charge is 2.05. The molecule has 0 unspecified atom stereocenters. The lowest BCUT2D eigenvalue weighted by atomic mass is 10.0. The van der Waals surface area contributed by atoms with Gasteiger partial charge in [-0.15, -0.1) is 11.3 Å². The number of nitrogens with two attached hydrogens (primary N) is 1. The van der Waals surface area contributed by atoms with Crippen molar-refractivity contribution in [2.45, 2.75) is 20.3 Å². The molecule has 2 N–H and O–H groups in total. The topological polar surface area (TPSA) is 26.0 Å². The number of hydrogen-bond acceptors (Lipinski definition) is 2. The highest BCUT2D eigenvalue weighted by Crippen LogP contribution is 2.27. The van der Waals surface area contributed by atoms with Gasteiger partial charge in [0.25, 0.3) is 0 Å². The summed E-state index contributed by atoms with van der Waals surface area (Å²) in [6.45, 7) is 5.19. The Balaban J connectivity index is 2.80. The number of allylic oxidation sites excluding steroid dienone is 1. The second-order valence-electron chi connectivity index (χ2n) is 3.37. The van der Waals surface area contributed by atoms with Crippen molar-refractivity contribution in [3.8, 4) is 0 Å². The minimum absolute atomic E-state index is 0.588. The molecule has 0 atom stereocenters. The second-order valence-corrected chi connectivity index (χ2v) is 4.32. The SMILES string of the molecule is CC(C)/C(=C\CCN)c1cccs1. The maximum absolute atomic E-state index is 5.49. The van der Waals surface area contributed by atoms with Gasteiger partial charge in [0.2, 0.25) is 0 Å². The van der Waals surface area contributed by atoms with Gasteiger partial charge >= 0.3 is 0 Å². The molecule has 0 aliphatic carbocycles. The molecule has 1 nitrogen and oxygen atoms in total. The van der Waals surface area contributed by atoms with Crippen LogP contribution >= 0.6 is 11.3 Å². The zero-order chi connectivity index (χ0) is 9.68. The third-order valence-electron chi connectivity index (χ3n) is 1.96. The molecule has 1 aromatic heterocycles. The predicted molar refractivity (Wildman–Crippen MR) is 60.8 cm³/mol. The smallest absolute Gasteiger partial charge is 0.0301 e. The largest absolute Gasteiger partial charge is 0.330 e. The Morgan fingerprint density at radius 1 is 1.62 bits per heavy atom. The Labute approximate surface area is 84.3 Å². The molecule has 0 spiro atoms. The molecule has 1 rings (SSSR count). The van der Waals surface area contributed by atoms with Crippen molar-refractivity contribution in [1.82, 2.24) is 0 Å². The Bertz CT molecular complexity index is 260. The summed E-state index contributed by atoms with van der Waals surface area (Å²) in [4.78, 5) is 1.38. The van der Waals surface area contributed by atoms with Crippen LogP contribution in [0.25, 0.3) is 5.57 Å². The Morgan fingerprint density at radius 3 is 2.85 bits per heavy atom. The molecule has 0 radical (unpaired) electrons.